The highest BCUT2D eigenvalue weighted by Crippen LogP contribution is 2.56. The van der Waals surface area contributed by atoms with Gasteiger partial charge in [-0.3, -0.25) is 14.4 Å². The lowest BCUT2D eigenvalue weighted by Crippen LogP contribution is -2.53. The number of hydrogen-bond acceptors (Lipinski definition) is 14. The summed E-state index contributed by atoms with van der Waals surface area (Å²) in [7, 11) is 1.45. The largest absolute Gasteiger partial charge is 0.507 e. The number of phenolic OH excluding ortho intramolecular Hbond substituents is 3. The van der Waals surface area contributed by atoms with Gasteiger partial charge in [0.05, 0.1) is 53.0 Å². The number of fused-ring (bicyclic) bond motifs is 14. The molecule has 63 heavy (non-hydrogen) atoms. The third kappa shape index (κ3) is 8.39. The van der Waals surface area contributed by atoms with Crippen molar-refractivity contribution in [3.05, 3.63) is 52.8 Å². The Morgan fingerprint density at radius 2 is 1.56 bits per heavy atom. The van der Waals surface area contributed by atoms with Gasteiger partial charge in [0.25, 0.3) is 11.7 Å². The van der Waals surface area contributed by atoms with Crippen LogP contribution in [0.25, 0.3) is 10.8 Å². The molecule has 1 amide bonds. The van der Waals surface area contributed by atoms with Gasteiger partial charge in [-0.15, -0.1) is 0 Å². The summed E-state index contributed by atoms with van der Waals surface area (Å²) < 4.78 is 23.7. The summed E-state index contributed by atoms with van der Waals surface area (Å²) in [4.78, 5) is 40.8. The van der Waals surface area contributed by atoms with Gasteiger partial charge in [0.15, 0.2) is 5.75 Å². The van der Waals surface area contributed by atoms with Crippen LogP contribution in [0.2, 0.25) is 0 Å². The second-order valence-corrected chi connectivity index (χ2v) is 19.0. The molecule has 3 heterocycles. The number of carbonyl (C=O) groups is 3. The number of phenols is 3. The van der Waals surface area contributed by atoms with Crippen LogP contribution in [0.3, 0.4) is 0 Å². The van der Waals surface area contributed by atoms with Crippen LogP contribution in [0.4, 0.5) is 5.69 Å². The third-order valence-corrected chi connectivity index (χ3v) is 14.7. The number of hydrazone groups is 1. The number of anilines is 1. The number of aliphatic hydroxyl groups is 2. The molecular weight excluding hydrogens is 811 g/mol. The Morgan fingerprint density at radius 1 is 0.905 bits per heavy atom. The van der Waals surface area contributed by atoms with Gasteiger partial charge in [-0.05, 0) is 75.7 Å². The van der Waals surface area contributed by atoms with Gasteiger partial charge in [-0.25, -0.2) is 0 Å². The number of rotatable bonds is 5. The number of amides is 1. The molecule has 4 saturated carbocycles. The Bertz CT molecular complexity index is 2240. The van der Waals surface area contributed by atoms with E-state index in [1.807, 2.05) is 0 Å². The molecule has 2 aromatic carbocycles. The maximum Gasteiger partial charge on any atom is 0.312 e. The number of aliphatic hydroxyl groups excluding tert-OH is 2. The lowest BCUT2D eigenvalue weighted by Gasteiger charge is -2.54. The smallest absolute Gasteiger partial charge is 0.312 e. The molecule has 342 valence electrons. The van der Waals surface area contributed by atoms with Crippen molar-refractivity contribution in [3.63, 3.8) is 0 Å². The number of benzene rings is 2. The zero-order valence-electron chi connectivity index (χ0n) is 37.5. The average Bonchev–Trinajstić information content (AvgIpc) is 3.50. The summed E-state index contributed by atoms with van der Waals surface area (Å²) in [6.45, 7) is 12.6. The molecule has 15 nitrogen and oxygen atoms in total. The van der Waals surface area contributed by atoms with Crippen molar-refractivity contribution in [1.29, 1.82) is 0 Å². The summed E-state index contributed by atoms with van der Waals surface area (Å²) >= 11 is 0. The van der Waals surface area contributed by atoms with E-state index >= 15 is 0 Å². The molecule has 7 aliphatic rings. The highest BCUT2D eigenvalue weighted by atomic mass is 16.7. The molecule has 7 N–H and O–H groups in total. The van der Waals surface area contributed by atoms with Gasteiger partial charge in [0.2, 0.25) is 0 Å². The number of hydrogen-bond donors (Lipinski definition) is 7. The van der Waals surface area contributed by atoms with Gasteiger partial charge < -0.3 is 55.2 Å². The Labute approximate surface area is 368 Å². The van der Waals surface area contributed by atoms with Crippen LogP contribution < -0.4 is 15.5 Å². The molecule has 0 unspecified atom stereocenters. The van der Waals surface area contributed by atoms with Crippen molar-refractivity contribution in [1.82, 2.24) is 5.43 Å². The second-order valence-electron chi connectivity index (χ2n) is 19.0. The van der Waals surface area contributed by atoms with Crippen molar-refractivity contribution < 1.29 is 58.9 Å². The van der Waals surface area contributed by atoms with Crippen LogP contribution in [0, 0.1) is 54.3 Å². The van der Waals surface area contributed by atoms with E-state index in [-0.39, 0.29) is 50.5 Å². The second kappa shape index (κ2) is 17.8. The van der Waals surface area contributed by atoms with Crippen molar-refractivity contribution in [3.8, 4) is 23.0 Å². The fourth-order valence-electron chi connectivity index (χ4n) is 11.2. The van der Waals surface area contributed by atoms with Crippen molar-refractivity contribution in [2.75, 3.05) is 12.4 Å². The number of allylic oxidation sites excluding steroid dienone is 2. The summed E-state index contributed by atoms with van der Waals surface area (Å²) in [5, 5.41) is 65.7. The third-order valence-electron chi connectivity index (χ3n) is 14.7. The van der Waals surface area contributed by atoms with E-state index in [1.165, 1.54) is 58.9 Å². The number of nitrogens with one attached hydrogen (secondary N) is 2. The lowest BCUT2D eigenvalue weighted by atomic mass is 9.54. The topological polar surface area (TPSA) is 226 Å². The Balaban J connectivity index is 1.34. The fourth-order valence-corrected chi connectivity index (χ4v) is 11.2. The van der Waals surface area contributed by atoms with Crippen LogP contribution in [0.15, 0.2) is 41.2 Å². The minimum atomic E-state index is -2.04. The molecule has 9 bridgehead atoms. The molecule has 4 fully saturated rings. The molecule has 2 aromatic rings. The Kier molecular flexibility index (Phi) is 13.0. The summed E-state index contributed by atoms with van der Waals surface area (Å²) in [5.74, 6) is -5.86. The van der Waals surface area contributed by atoms with E-state index in [1.54, 1.807) is 46.8 Å². The Morgan fingerprint density at radius 3 is 2.17 bits per heavy atom. The zero-order valence-corrected chi connectivity index (χ0v) is 37.5. The fraction of sp³-hybridized carbons (Fsp3) is 0.583. The maximum atomic E-state index is 14.6. The number of ketones is 1. The van der Waals surface area contributed by atoms with E-state index < -0.39 is 88.8 Å². The first kappa shape index (κ1) is 45.9. The van der Waals surface area contributed by atoms with Gasteiger partial charge in [-0.2, -0.15) is 5.10 Å². The minimum absolute atomic E-state index is 0.0662. The zero-order chi connectivity index (χ0) is 45.8. The molecule has 3 aliphatic heterocycles. The molecular formula is C48H63N3O12. The number of ether oxygens (including phenoxy) is 4. The first-order valence-electron chi connectivity index (χ1n) is 22.1. The van der Waals surface area contributed by atoms with Crippen LogP contribution in [0.5, 0.6) is 23.0 Å². The molecule has 4 aliphatic carbocycles. The standard InChI is InChI=1S/C48H63N3O12/c1-21-11-10-12-22(2)47(59)50-38-32(20-49-51-37-30-16-28-15-29(18-30)19-31(37)17-28)42(56)34-35(43(38)57)41(55)26(6)45-36(34)46(58)48(8,63-45)61-14-13-33(60-9)23(3)44(62-27(7)52)25(5)40(54)24(4)39(21)53/h10-14,20-21,23-25,28-31,33,37,39-40,44,51,53-57H,15-19H2,1-9H3,(H,50,59)/t21-,23-,24-,25-,28?,29?,30?,31?,33+,37?,39-,40-,44+,48-/m0/s1. The van der Waals surface area contributed by atoms with Crippen molar-refractivity contribution in [2.45, 2.75) is 124 Å². The van der Waals surface area contributed by atoms with E-state index in [9.17, 15) is 39.9 Å². The normalized spacial score (nSPS) is 35.8. The molecule has 0 saturated heterocycles. The quantitative estimate of drug-likeness (QED) is 0.0561. The molecule has 15 heteroatoms. The van der Waals surface area contributed by atoms with Gasteiger partial charge >= 0.3 is 11.8 Å². The molecule has 0 aromatic heterocycles. The number of nitrogens with zero attached hydrogens (tertiary/aromatic N) is 1. The summed E-state index contributed by atoms with van der Waals surface area (Å²) in [6.07, 6.45) is 10.8. The minimum Gasteiger partial charge on any atom is -0.507 e. The number of methoxy groups -OCH3 is 1. The number of aromatic hydroxyl groups is 3. The van der Waals surface area contributed by atoms with Gasteiger partial charge in [0.1, 0.15) is 23.4 Å². The summed E-state index contributed by atoms with van der Waals surface area (Å²) in [6, 6.07) is 0.120. The number of Topliss-reactive ketones (excluding diaryl/α,β-unsaturated/α-hetero) is 1. The predicted molar refractivity (Wildman–Crippen MR) is 235 cm³/mol. The molecule has 9 atom stereocenters. The van der Waals surface area contributed by atoms with Gasteiger partial charge in [-0.1, -0.05) is 45.9 Å². The van der Waals surface area contributed by atoms with Gasteiger partial charge in [0, 0.05) is 67.2 Å². The van der Waals surface area contributed by atoms with Crippen LogP contribution >= 0.6 is 0 Å². The van der Waals surface area contributed by atoms with E-state index in [0.29, 0.717) is 11.8 Å². The first-order chi connectivity index (χ1) is 29.8. The van der Waals surface area contributed by atoms with Crippen LogP contribution in [0.1, 0.15) is 102 Å². The van der Waals surface area contributed by atoms with Crippen LogP contribution in [-0.2, 0) is 23.8 Å². The molecule has 9 rings (SSSR count). The van der Waals surface area contributed by atoms with Crippen LogP contribution in [-0.4, -0.2) is 92.8 Å². The van der Waals surface area contributed by atoms with E-state index in [0.717, 1.165) is 37.5 Å². The predicted octanol–water partition coefficient (Wildman–Crippen LogP) is 6.50. The Hall–Kier alpha value is -5.12. The monoisotopic (exact) mass is 873 g/mol. The maximum absolute atomic E-state index is 14.6. The molecule has 0 radical (unpaired) electrons. The average molecular weight is 874 g/mol. The SMILES string of the molecule is CO[C@@H]1C=CO[C@@]2(C)Oc3c(C)c(O)c4c(O)c(c(C=NNC5C6CC7CC(C6)CC5C7)c(O)c4c3C2=O)NC(=O)C(C)=CC=C[C@H](C)[C@H](O)[C@H](C)[C@H](O)[C@H](C)[C@H](OC(C)=O)[C@H]1C. The molecule has 0 spiro atoms. The van der Waals surface area contributed by atoms with Crippen molar-refractivity contribution >= 4 is 40.3 Å². The summed E-state index contributed by atoms with van der Waals surface area (Å²) in [5.41, 5.74) is 3.05. The number of esters is 1. The van der Waals surface area contributed by atoms with E-state index in [2.05, 4.69) is 15.8 Å². The first-order valence-corrected chi connectivity index (χ1v) is 22.1. The van der Waals surface area contributed by atoms with E-state index in [4.69, 9.17) is 18.9 Å². The lowest BCUT2D eigenvalue weighted by molar-refractivity contribution is -0.160. The highest BCUT2D eigenvalue weighted by molar-refractivity contribution is 6.23. The van der Waals surface area contributed by atoms with Crippen molar-refractivity contribution in [2.24, 2.45) is 52.4 Å². The number of carbonyl (C=O) groups excluding carboxylic acids is 3. The highest BCUT2D eigenvalue weighted by Gasteiger charge is 2.51.